The quantitative estimate of drug-likeness (QED) is 0.396. The van der Waals surface area contributed by atoms with Crippen LogP contribution in [0.5, 0.6) is 5.75 Å². The number of aryl methyl sites for hydroxylation is 2. The number of methoxy groups -OCH3 is 1. The van der Waals surface area contributed by atoms with Gasteiger partial charge in [-0.3, -0.25) is 14.3 Å². The van der Waals surface area contributed by atoms with E-state index < -0.39 is 0 Å². The number of ether oxygens (including phenoxy) is 1. The number of nitrogens with one attached hydrogen (secondary N) is 2. The summed E-state index contributed by atoms with van der Waals surface area (Å²) in [6.45, 7) is 4.23. The van der Waals surface area contributed by atoms with Gasteiger partial charge in [0.25, 0.3) is 5.91 Å². The third-order valence-electron chi connectivity index (χ3n) is 5.71. The van der Waals surface area contributed by atoms with Crippen LogP contribution in [0.15, 0.2) is 79.0 Å². The summed E-state index contributed by atoms with van der Waals surface area (Å²) in [5.74, 6) is 0.0526. The van der Waals surface area contributed by atoms with Crippen LogP contribution >= 0.6 is 0 Å². The van der Waals surface area contributed by atoms with Crippen LogP contribution in [0.4, 0.5) is 5.69 Å². The monoisotopic (exact) mass is 468 g/mol. The second-order valence-electron chi connectivity index (χ2n) is 8.30. The SMILES string of the molecule is COc1ccc(-c2nn(Cc3ccccc3)cc2C(=O)NCC(=O)Nc2c(C)cccc2C)cc1. The molecule has 7 heteroatoms. The molecule has 0 aliphatic rings. The minimum Gasteiger partial charge on any atom is -0.497 e. The first-order valence-electron chi connectivity index (χ1n) is 11.3. The maximum Gasteiger partial charge on any atom is 0.255 e. The largest absolute Gasteiger partial charge is 0.497 e. The average molecular weight is 469 g/mol. The minimum atomic E-state index is -0.369. The van der Waals surface area contributed by atoms with Crippen LogP contribution in [0.3, 0.4) is 0 Å². The van der Waals surface area contributed by atoms with Gasteiger partial charge in [0, 0.05) is 17.4 Å². The molecule has 1 aromatic heterocycles. The number of nitrogens with zero attached hydrogens (tertiary/aromatic N) is 2. The molecule has 4 aromatic rings. The number of hydrogen-bond donors (Lipinski definition) is 2. The highest BCUT2D eigenvalue weighted by atomic mass is 16.5. The van der Waals surface area contributed by atoms with Crippen LogP contribution < -0.4 is 15.4 Å². The summed E-state index contributed by atoms with van der Waals surface area (Å²) in [6.07, 6.45) is 1.71. The fourth-order valence-electron chi connectivity index (χ4n) is 3.85. The Labute approximate surface area is 204 Å². The van der Waals surface area contributed by atoms with Crippen molar-refractivity contribution in [3.63, 3.8) is 0 Å². The Morgan fingerprint density at radius 2 is 1.60 bits per heavy atom. The number of rotatable bonds is 8. The molecule has 4 rings (SSSR count). The van der Waals surface area contributed by atoms with Crippen molar-refractivity contribution in [1.82, 2.24) is 15.1 Å². The van der Waals surface area contributed by atoms with Crippen molar-refractivity contribution in [3.8, 4) is 17.0 Å². The molecule has 0 bridgehead atoms. The summed E-state index contributed by atoms with van der Waals surface area (Å²) in [4.78, 5) is 25.7. The number of carbonyl (C=O) groups is 2. The first kappa shape index (κ1) is 23.8. The maximum atomic E-state index is 13.1. The van der Waals surface area contributed by atoms with Crippen LogP contribution in [0.1, 0.15) is 27.0 Å². The van der Waals surface area contributed by atoms with Crippen molar-refractivity contribution < 1.29 is 14.3 Å². The van der Waals surface area contributed by atoms with E-state index in [1.807, 2.05) is 86.6 Å². The Hall–Kier alpha value is -4.39. The zero-order valence-electron chi connectivity index (χ0n) is 20.0. The Bertz CT molecular complexity index is 1310. The third kappa shape index (κ3) is 5.76. The van der Waals surface area contributed by atoms with Gasteiger partial charge in [0.1, 0.15) is 11.4 Å². The molecule has 7 nitrogen and oxygen atoms in total. The molecule has 1 heterocycles. The van der Waals surface area contributed by atoms with E-state index in [2.05, 4.69) is 15.7 Å². The molecule has 2 amide bonds. The summed E-state index contributed by atoms with van der Waals surface area (Å²) in [6, 6.07) is 23.1. The molecule has 178 valence electrons. The number of hydrogen-bond acceptors (Lipinski definition) is 4. The van der Waals surface area contributed by atoms with E-state index in [9.17, 15) is 9.59 Å². The van der Waals surface area contributed by atoms with E-state index in [4.69, 9.17) is 4.74 Å². The zero-order chi connectivity index (χ0) is 24.8. The number of carbonyl (C=O) groups excluding carboxylic acids is 2. The van der Waals surface area contributed by atoms with Crippen molar-refractivity contribution in [1.29, 1.82) is 0 Å². The van der Waals surface area contributed by atoms with Gasteiger partial charge in [0.15, 0.2) is 0 Å². The maximum absolute atomic E-state index is 13.1. The summed E-state index contributed by atoms with van der Waals surface area (Å²) in [5.41, 5.74) is 5.48. The lowest BCUT2D eigenvalue weighted by Crippen LogP contribution is -2.33. The Balaban J connectivity index is 1.54. The highest BCUT2D eigenvalue weighted by Gasteiger charge is 2.19. The lowest BCUT2D eigenvalue weighted by Gasteiger charge is -2.12. The van der Waals surface area contributed by atoms with Crippen molar-refractivity contribution in [2.24, 2.45) is 0 Å². The molecule has 0 spiro atoms. The fourth-order valence-corrected chi connectivity index (χ4v) is 3.85. The van der Waals surface area contributed by atoms with E-state index in [1.165, 1.54) is 0 Å². The van der Waals surface area contributed by atoms with Gasteiger partial charge < -0.3 is 15.4 Å². The van der Waals surface area contributed by atoms with Gasteiger partial charge in [-0.05, 0) is 54.8 Å². The molecule has 0 aliphatic heterocycles. The molecular formula is C28H28N4O3. The first-order valence-corrected chi connectivity index (χ1v) is 11.3. The van der Waals surface area contributed by atoms with Crippen molar-refractivity contribution in [2.45, 2.75) is 20.4 Å². The standard InChI is InChI=1S/C28H28N4O3/c1-19-8-7-9-20(2)26(19)30-25(33)16-29-28(34)24-18-32(17-21-10-5-4-6-11-21)31-27(24)22-12-14-23(35-3)15-13-22/h4-15,18H,16-17H2,1-3H3,(H,29,34)(H,30,33). The molecule has 0 saturated carbocycles. The van der Waals surface area contributed by atoms with Crippen LogP contribution in [0, 0.1) is 13.8 Å². The molecule has 35 heavy (non-hydrogen) atoms. The molecule has 2 N–H and O–H groups in total. The minimum absolute atomic E-state index is 0.154. The summed E-state index contributed by atoms with van der Waals surface area (Å²) >= 11 is 0. The Kier molecular flexibility index (Phi) is 7.26. The Morgan fingerprint density at radius 3 is 2.26 bits per heavy atom. The molecule has 0 saturated heterocycles. The second-order valence-corrected chi connectivity index (χ2v) is 8.30. The normalized spacial score (nSPS) is 10.6. The van der Waals surface area contributed by atoms with E-state index in [-0.39, 0.29) is 18.4 Å². The number of amides is 2. The summed E-state index contributed by atoms with van der Waals surface area (Å²) < 4.78 is 6.98. The Morgan fingerprint density at radius 1 is 0.914 bits per heavy atom. The number of aromatic nitrogens is 2. The van der Waals surface area contributed by atoms with Gasteiger partial charge in [-0.15, -0.1) is 0 Å². The molecular weight excluding hydrogens is 440 g/mol. The lowest BCUT2D eigenvalue weighted by molar-refractivity contribution is -0.115. The van der Waals surface area contributed by atoms with Gasteiger partial charge in [-0.2, -0.15) is 5.10 Å². The fraction of sp³-hybridized carbons (Fsp3) is 0.179. The molecule has 0 radical (unpaired) electrons. The van der Waals surface area contributed by atoms with Crippen LogP contribution in [0.2, 0.25) is 0 Å². The van der Waals surface area contributed by atoms with Gasteiger partial charge in [-0.25, -0.2) is 0 Å². The van der Waals surface area contributed by atoms with E-state index in [0.29, 0.717) is 23.6 Å². The average Bonchev–Trinajstić information content (AvgIpc) is 3.29. The second kappa shape index (κ2) is 10.7. The molecule has 0 aliphatic carbocycles. The first-order chi connectivity index (χ1) is 16.9. The summed E-state index contributed by atoms with van der Waals surface area (Å²) in [5, 5.41) is 10.3. The predicted molar refractivity (Wildman–Crippen MR) is 137 cm³/mol. The van der Waals surface area contributed by atoms with Gasteiger partial charge in [-0.1, -0.05) is 48.5 Å². The van der Waals surface area contributed by atoms with Crippen molar-refractivity contribution >= 4 is 17.5 Å². The van der Waals surface area contributed by atoms with E-state index >= 15 is 0 Å². The number of para-hydroxylation sites is 1. The highest BCUT2D eigenvalue weighted by molar-refractivity contribution is 6.03. The molecule has 0 unspecified atom stereocenters. The molecule has 0 atom stereocenters. The summed E-state index contributed by atoms with van der Waals surface area (Å²) in [7, 11) is 1.60. The van der Waals surface area contributed by atoms with Crippen LogP contribution in [-0.2, 0) is 11.3 Å². The topological polar surface area (TPSA) is 85.2 Å². The van der Waals surface area contributed by atoms with Crippen LogP contribution in [0.25, 0.3) is 11.3 Å². The van der Waals surface area contributed by atoms with Gasteiger partial charge in [0.05, 0.1) is 25.8 Å². The predicted octanol–water partition coefficient (Wildman–Crippen LogP) is 4.59. The van der Waals surface area contributed by atoms with Gasteiger partial charge >= 0.3 is 0 Å². The van der Waals surface area contributed by atoms with E-state index in [1.54, 1.807) is 18.0 Å². The third-order valence-corrected chi connectivity index (χ3v) is 5.71. The zero-order valence-corrected chi connectivity index (χ0v) is 20.0. The van der Waals surface area contributed by atoms with E-state index in [0.717, 1.165) is 27.9 Å². The molecule has 3 aromatic carbocycles. The lowest BCUT2D eigenvalue weighted by atomic mass is 10.1. The molecule has 0 fully saturated rings. The number of benzene rings is 3. The highest BCUT2D eigenvalue weighted by Crippen LogP contribution is 2.25. The number of anilines is 1. The van der Waals surface area contributed by atoms with Crippen molar-refractivity contribution in [2.75, 3.05) is 19.0 Å². The van der Waals surface area contributed by atoms with Crippen molar-refractivity contribution in [3.05, 3.63) is 101 Å². The van der Waals surface area contributed by atoms with Gasteiger partial charge in [0.2, 0.25) is 5.91 Å². The smallest absolute Gasteiger partial charge is 0.255 e. The van der Waals surface area contributed by atoms with Crippen LogP contribution in [-0.4, -0.2) is 35.2 Å².